The summed E-state index contributed by atoms with van der Waals surface area (Å²) in [4.78, 5) is 0. The number of hydrogen-bond donors (Lipinski definition) is 1. The van der Waals surface area contributed by atoms with E-state index in [1.165, 1.54) is 21.9 Å². The van der Waals surface area contributed by atoms with Crippen molar-refractivity contribution in [3.05, 3.63) is 83.9 Å². The number of piperidine rings is 1. The van der Waals surface area contributed by atoms with Crippen molar-refractivity contribution < 1.29 is 9.15 Å². The smallest absolute Gasteiger partial charge is 0.138 e. The molecule has 0 saturated carbocycles. The Bertz CT molecular complexity index is 1050. The minimum Gasteiger partial charge on any atom is -0.456 e. The van der Waals surface area contributed by atoms with Gasteiger partial charge in [-0.25, -0.2) is 0 Å². The van der Waals surface area contributed by atoms with Crippen LogP contribution in [-0.4, -0.2) is 19.2 Å². The normalized spacial score (nSPS) is 20.3. The van der Waals surface area contributed by atoms with Gasteiger partial charge in [-0.05, 0) is 24.6 Å². The highest BCUT2D eigenvalue weighted by atomic mass is 16.5. The lowest BCUT2D eigenvalue weighted by Gasteiger charge is -2.32. The molecule has 1 N–H and O–H groups in total. The highest BCUT2D eigenvalue weighted by molar-refractivity contribution is 6.05. The second-order valence-electron chi connectivity index (χ2n) is 7.26. The van der Waals surface area contributed by atoms with Crippen LogP contribution in [0.2, 0.25) is 0 Å². The molecule has 3 nitrogen and oxygen atoms in total. The maximum Gasteiger partial charge on any atom is 0.138 e. The van der Waals surface area contributed by atoms with Crippen LogP contribution in [0.4, 0.5) is 0 Å². The Morgan fingerprint density at radius 1 is 0.889 bits per heavy atom. The molecule has 27 heavy (non-hydrogen) atoms. The summed E-state index contributed by atoms with van der Waals surface area (Å²) >= 11 is 0. The first kappa shape index (κ1) is 16.5. The minimum atomic E-state index is 0.137. The molecule has 0 bridgehead atoms. The zero-order valence-electron chi connectivity index (χ0n) is 15.2. The number of benzene rings is 3. The predicted molar refractivity (Wildman–Crippen MR) is 109 cm³/mol. The SMILES string of the molecule is c1ccc(CO[C@H]2CNCC[C@@H]2c2cccc3c2oc2ccccc23)cc1. The average Bonchev–Trinajstić information content (AvgIpc) is 3.12. The highest BCUT2D eigenvalue weighted by Crippen LogP contribution is 2.37. The number of furan rings is 1. The van der Waals surface area contributed by atoms with Crippen molar-refractivity contribution in [1.82, 2.24) is 5.32 Å². The summed E-state index contributed by atoms with van der Waals surface area (Å²) in [6.07, 6.45) is 1.19. The van der Waals surface area contributed by atoms with Crippen LogP contribution < -0.4 is 5.32 Å². The molecular weight excluding hydrogens is 334 g/mol. The lowest BCUT2D eigenvalue weighted by Crippen LogP contribution is -2.41. The molecule has 0 spiro atoms. The molecule has 1 aliphatic rings. The van der Waals surface area contributed by atoms with Crippen LogP contribution in [0.5, 0.6) is 0 Å². The minimum absolute atomic E-state index is 0.137. The quantitative estimate of drug-likeness (QED) is 0.542. The first-order valence-corrected chi connectivity index (χ1v) is 9.66. The Labute approximate surface area is 158 Å². The third-order valence-electron chi connectivity index (χ3n) is 5.57. The molecule has 1 aromatic heterocycles. The molecule has 0 amide bonds. The molecule has 0 unspecified atom stereocenters. The van der Waals surface area contributed by atoms with Crippen molar-refractivity contribution in [2.45, 2.75) is 25.0 Å². The van der Waals surface area contributed by atoms with E-state index in [1.807, 2.05) is 18.2 Å². The van der Waals surface area contributed by atoms with E-state index >= 15 is 0 Å². The average molecular weight is 357 g/mol. The summed E-state index contributed by atoms with van der Waals surface area (Å²) in [6.45, 7) is 2.51. The van der Waals surface area contributed by atoms with E-state index in [1.54, 1.807) is 0 Å². The van der Waals surface area contributed by atoms with Crippen LogP contribution >= 0.6 is 0 Å². The van der Waals surface area contributed by atoms with Crippen LogP contribution in [0.15, 0.2) is 77.2 Å². The maximum atomic E-state index is 6.35. The molecule has 136 valence electrons. The van der Waals surface area contributed by atoms with Crippen molar-refractivity contribution in [3.63, 3.8) is 0 Å². The van der Waals surface area contributed by atoms with Gasteiger partial charge in [-0.1, -0.05) is 66.7 Å². The standard InChI is InChI=1S/C24H23NO2/c1-2-7-17(8-3-1)16-26-23-15-25-14-13-19(23)21-11-6-10-20-18-9-4-5-12-22(18)27-24(20)21/h1-12,19,23,25H,13-16H2/t19-,23+/m1/s1. The van der Waals surface area contributed by atoms with Gasteiger partial charge in [0.15, 0.2) is 0 Å². The van der Waals surface area contributed by atoms with Crippen molar-refractivity contribution in [3.8, 4) is 0 Å². The first-order chi connectivity index (χ1) is 13.4. The molecule has 3 heteroatoms. The fourth-order valence-corrected chi connectivity index (χ4v) is 4.20. The second kappa shape index (κ2) is 7.18. The molecule has 1 saturated heterocycles. The third kappa shape index (κ3) is 3.14. The van der Waals surface area contributed by atoms with Gasteiger partial charge < -0.3 is 14.5 Å². The van der Waals surface area contributed by atoms with E-state index in [9.17, 15) is 0 Å². The van der Waals surface area contributed by atoms with Gasteiger partial charge in [0.2, 0.25) is 0 Å². The molecule has 2 atom stereocenters. The van der Waals surface area contributed by atoms with Crippen molar-refractivity contribution in [1.29, 1.82) is 0 Å². The van der Waals surface area contributed by atoms with Crippen LogP contribution in [0.3, 0.4) is 0 Å². The van der Waals surface area contributed by atoms with E-state index in [-0.39, 0.29) is 6.10 Å². The van der Waals surface area contributed by atoms with Gasteiger partial charge in [-0.15, -0.1) is 0 Å². The van der Waals surface area contributed by atoms with E-state index in [0.29, 0.717) is 12.5 Å². The molecule has 1 fully saturated rings. The molecule has 5 rings (SSSR count). The summed E-state index contributed by atoms with van der Waals surface area (Å²) in [5.41, 5.74) is 4.45. The number of para-hydroxylation sites is 2. The molecule has 2 heterocycles. The van der Waals surface area contributed by atoms with Crippen LogP contribution in [0.1, 0.15) is 23.5 Å². The Morgan fingerprint density at radius 3 is 2.63 bits per heavy atom. The fourth-order valence-electron chi connectivity index (χ4n) is 4.20. The van der Waals surface area contributed by atoms with Crippen LogP contribution in [0.25, 0.3) is 21.9 Å². The van der Waals surface area contributed by atoms with Crippen LogP contribution in [0, 0.1) is 0 Å². The van der Waals surface area contributed by atoms with Gasteiger partial charge in [-0.3, -0.25) is 0 Å². The largest absolute Gasteiger partial charge is 0.456 e. The summed E-state index contributed by atoms with van der Waals surface area (Å²) in [5.74, 6) is 0.333. The Morgan fingerprint density at radius 2 is 1.70 bits per heavy atom. The zero-order chi connectivity index (χ0) is 18.1. The highest BCUT2D eigenvalue weighted by Gasteiger charge is 2.29. The van der Waals surface area contributed by atoms with E-state index in [0.717, 1.165) is 30.7 Å². The zero-order valence-corrected chi connectivity index (χ0v) is 15.2. The molecule has 0 aliphatic carbocycles. The summed E-state index contributed by atoms with van der Waals surface area (Å²) in [6, 6.07) is 25.2. The van der Waals surface area contributed by atoms with Gasteiger partial charge in [0.05, 0.1) is 12.7 Å². The number of rotatable bonds is 4. The number of nitrogens with one attached hydrogen (secondary N) is 1. The predicted octanol–water partition coefficient (Wildman–Crippen LogP) is 5.25. The molecule has 0 radical (unpaired) electrons. The summed E-state index contributed by atoms with van der Waals surface area (Å²) < 4.78 is 12.6. The van der Waals surface area contributed by atoms with Gasteiger partial charge >= 0.3 is 0 Å². The second-order valence-corrected chi connectivity index (χ2v) is 7.26. The molecule has 1 aliphatic heterocycles. The topological polar surface area (TPSA) is 34.4 Å². The van der Waals surface area contributed by atoms with E-state index < -0.39 is 0 Å². The summed E-state index contributed by atoms with van der Waals surface area (Å²) in [7, 11) is 0. The lowest BCUT2D eigenvalue weighted by atomic mass is 9.86. The van der Waals surface area contributed by atoms with Gasteiger partial charge in [0.1, 0.15) is 11.2 Å². The van der Waals surface area contributed by atoms with Crippen molar-refractivity contribution >= 4 is 21.9 Å². The maximum absolute atomic E-state index is 6.35. The Hall–Kier alpha value is -2.62. The monoisotopic (exact) mass is 357 g/mol. The fraction of sp³-hybridized carbons (Fsp3) is 0.250. The number of ether oxygens (including phenoxy) is 1. The number of fused-ring (bicyclic) bond motifs is 3. The van der Waals surface area contributed by atoms with Gasteiger partial charge in [0, 0.05) is 28.8 Å². The van der Waals surface area contributed by atoms with Crippen molar-refractivity contribution in [2.75, 3.05) is 13.1 Å². The van der Waals surface area contributed by atoms with Gasteiger partial charge in [0.25, 0.3) is 0 Å². The van der Waals surface area contributed by atoms with Crippen LogP contribution in [-0.2, 0) is 11.3 Å². The molecular formula is C24H23NO2. The first-order valence-electron chi connectivity index (χ1n) is 9.66. The van der Waals surface area contributed by atoms with Gasteiger partial charge in [-0.2, -0.15) is 0 Å². The Balaban J connectivity index is 1.49. The molecule has 3 aromatic carbocycles. The van der Waals surface area contributed by atoms with E-state index in [4.69, 9.17) is 9.15 Å². The van der Waals surface area contributed by atoms with E-state index in [2.05, 4.69) is 59.9 Å². The Kier molecular flexibility index (Phi) is 4.40. The number of hydrogen-bond acceptors (Lipinski definition) is 3. The third-order valence-corrected chi connectivity index (χ3v) is 5.57. The van der Waals surface area contributed by atoms with Crippen molar-refractivity contribution in [2.24, 2.45) is 0 Å². The lowest BCUT2D eigenvalue weighted by molar-refractivity contribution is 0.0107. The molecule has 4 aromatic rings. The summed E-state index contributed by atoms with van der Waals surface area (Å²) in [5, 5.41) is 5.87.